The van der Waals surface area contributed by atoms with Gasteiger partial charge in [0, 0.05) is 24.3 Å². The average Bonchev–Trinajstić information content (AvgIpc) is 2.46. The van der Waals surface area contributed by atoms with Crippen molar-refractivity contribution in [3.8, 4) is 0 Å². The van der Waals surface area contributed by atoms with Crippen LogP contribution in [0.2, 0.25) is 0 Å². The molecule has 0 aromatic heterocycles. The van der Waals surface area contributed by atoms with E-state index in [1.165, 1.54) is 6.21 Å². The van der Waals surface area contributed by atoms with Crippen molar-refractivity contribution in [2.24, 2.45) is 10.9 Å². The number of carbonyl (C=O) groups excluding carboxylic acids is 1. The van der Waals surface area contributed by atoms with Gasteiger partial charge in [0.25, 0.3) is 0 Å². The van der Waals surface area contributed by atoms with E-state index in [1.807, 2.05) is 0 Å². The molecule has 1 heterocycles. The van der Waals surface area contributed by atoms with Crippen LogP contribution in [0.1, 0.15) is 45.3 Å². The highest BCUT2D eigenvalue weighted by molar-refractivity contribution is 5.80. The molecule has 0 N–H and O–H groups in total. The molecule has 0 radical (unpaired) electrons. The molecule has 0 aliphatic carbocycles. The van der Waals surface area contributed by atoms with E-state index in [1.54, 1.807) is 20.8 Å². The Morgan fingerprint density at radius 3 is 2.83 bits per heavy atom. The molecule has 4 nitrogen and oxygen atoms in total. The number of hydrogen-bond acceptors (Lipinski definition) is 3. The normalized spacial score (nSPS) is 22.3. The Hall–Kier alpha value is -1.82. The highest BCUT2D eigenvalue weighted by atomic mass is 19.1. The first kappa shape index (κ1) is 17.5. The summed E-state index contributed by atoms with van der Waals surface area (Å²) in [6.07, 6.45) is 1.49. The zero-order valence-electron chi connectivity index (χ0n) is 13.5. The molecule has 0 spiro atoms. The second-order valence-electron chi connectivity index (χ2n) is 6.52. The van der Waals surface area contributed by atoms with Gasteiger partial charge in [-0.1, -0.05) is 0 Å². The number of rotatable bonds is 2. The fourth-order valence-electron chi connectivity index (χ4n) is 2.45. The molecule has 1 aromatic rings. The number of carbonyl (C=O) groups is 1. The van der Waals surface area contributed by atoms with E-state index < -0.39 is 29.4 Å². The van der Waals surface area contributed by atoms with Gasteiger partial charge < -0.3 is 9.47 Å². The van der Waals surface area contributed by atoms with Gasteiger partial charge in [-0.05, 0) is 51.8 Å². The predicted molar refractivity (Wildman–Crippen MR) is 82.5 cm³/mol. The third-order valence-electron chi connectivity index (χ3n) is 3.40. The van der Waals surface area contributed by atoms with Crippen molar-refractivity contribution in [3.63, 3.8) is 0 Å². The Balaban J connectivity index is 2.15. The van der Waals surface area contributed by atoms with Gasteiger partial charge in [-0.15, -0.1) is 0 Å². The zero-order chi connectivity index (χ0) is 17.0. The third kappa shape index (κ3) is 5.10. The highest BCUT2D eigenvalue weighted by Gasteiger charge is 2.29. The maximum atomic E-state index is 14.0. The second-order valence-corrected chi connectivity index (χ2v) is 6.52. The lowest BCUT2D eigenvalue weighted by Gasteiger charge is -2.29. The molecule has 0 saturated carbocycles. The van der Waals surface area contributed by atoms with Crippen LogP contribution in [0.4, 0.5) is 13.6 Å². The van der Waals surface area contributed by atoms with Crippen molar-refractivity contribution in [2.75, 3.05) is 6.61 Å². The van der Waals surface area contributed by atoms with Gasteiger partial charge in [-0.25, -0.2) is 13.6 Å². The summed E-state index contributed by atoms with van der Waals surface area (Å²) in [4.78, 5) is 15.4. The predicted octanol–water partition coefficient (Wildman–Crippen LogP) is 4.44. The second kappa shape index (κ2) is 7.17. The van der Waals surface area contributed by atoms with Crippen LogP contribution >= 0.6 is 0 Å². The monoisotopic (exact) mass is 325 g/mol. The Morgan fingerprint density at radius 1 is 1.39 bits per heavy atom. The largest absolute Gasteiger partial charge is 0.442 e. The maximum Gasteiger partial charge on any atom is 0.433 e. The van der Waals surface area contributed by atoms with Gasteiger partial charge in [0.05, 0.1) is 6.10 Å². The fourth-order valence-corrected chi connectivity index (χ4v) is 2.45. The summed E-state index contributed by atoms with van der Waals surface area (Å²) in [6.45, 7) is 5.69. The Labute approximate surface area is 134 Å². The molecule has 1 aliphatic heterocycles. The van der Waals surface area contributed by atoms with Crippen LogP contribution in [-0.2, 0) is 9.47 Å². The SMILES string of the molecule is CC(C)(C)OC(=O)/N=C\C1CCCO[C@@H]1c1cc(F)ccc1F. The van der Waals surface area contributed by atoms with Crippen LogP contribution in [0.5, 0.6) is 0 Å². The summed E-state index contributed by atoms with van der Waals surface area (Å²) >= 11 is 0. The van der Waals surface area contributed by atoms with Crippen molar-refractivity contribution in [1.82, 2.24) is 0 Å². The molecule has 6 heteroatoms. The van der Waals surface area contributed by atoms with E-state index in [0.29, 0.717) is 13.0 Å². The van der Waals surface area contributed by atoms with Crippen LogP contribution in [0.25, 0.3) is 0 Å². The van der Waals surface area contributed by atoms with Crippen LogP contribution in [0.3, 0.4) is 0 Å². The standard InChI is InChI=1S/C17H21F2NO3/c1-17(2,3)23-16(21)20-10-11-5-4-8-22-15(11)13-9-12(18)6-7-14(13)19/h6-7,9-11,15H,4-5,8H2,1-3H3/b20-10-/t11?,15-/m0/s1. The van der Waals surface area contributed by atoms with E-state index in [9.17, 15) is 13.6 Å². The molecule has 1 aromatic carbocycles. The molecule has 1 fully saturated rings. The van der Waals surface area contributed by atoms with Crippen LogP contribution in [-0.4, -0.2) is 24.5 Å². The minimum absolute atomic E-state index is 0.144. The zero-order valence-corrected chi connectivity index (χ0v) is 13.5. The van der Waals surface area contributed by atoms with Gasteiger partial charge in [-0.3, -0.25) is 0 Å². The number of aliphatic imine (C=N–C) groups is 1. The first-order valence-electron chi connectivity index (χ1n) is 7.60. The van der Waals surface area contributed by atoms with E-state index in [2.05, 4.69) is 4.99 Å². The summed E-state index contributed by atoms with van der Waals surface area (Å²) in [7, 11) is 0. The van der Waals surface area contributed by atoms with Crippen molar-refractivity contribution >= 4 is 12.3 Å². The summed E-state index contributed by atoms with van der Waals surface area (Å²) in [5.74, 6) is -1.38. The first-order chi connectivity index (χ1) is 10.8. The number of hydrogen-bond donors (Lipinski definition) is 0. The Bertz CT molecular complexity index is 596. The summed E-state index contributed by atoms with van der Waals surface area (Å²) in [6, 6.07) is 3.26. The maximum absolute atomic E-state index is 14.0. The summed E-state index contributed by atoms with van der Waals surface area (Å²) < 4.78 is 38.1. The topological polar surface area (TPSA) is 47.9 Å². The molecular weight excluding hydrogens is 304 g/mol. The molecule has 1 saturated heterocycles. The van der Waals surface area contributed by atoms with Gasteiger partial charge >= 0.3 is 6.09 Å². The molecule has 126 valence electrons. The molecule has 1 aliphatic rings. The van der Waals surface area contributed by atoms with Gasteiger partial charge in [0.2, 0.25) is 0 Å². The fraction of sp³-hybridized carbons (Fsp3) is 0.529. The van der Waals surface area contributed by atoms with Crippen LogP contribution in [0.15, 0.2) is 23.2 Å². The van der Waals surface area contributed by atoms with Gasteiger partial charge in [-0.2, -0.15) is 4.99 Å². The van der Waals surface area contributed by atoms with Crippen molar-refractivity contribution in [1.29, 1.82) is 0 Å². The van der Waals surface area contributed by atoms with E-state index >= 15 is 0 Å². The summed E-state index contributed by atoms with van der Waals surface area (Å²) in [5.41, 5.74) is -0.490. The number of halogens is 2. The lowest BCUT2D eigenvalue weighted by atomic mass is 9.90. The minimum atomic E-state index is -0.707. The lowest BCUT2D eigenvalue weighted by Crippen LogP contribution is -2.26. The van der Waals surface area contributed by atoms with E-state index in [-0.39, 0.29) is 11.5 Å². The van der Waals surface area contributed by atoms with Crippen LogP contribution < -0.4 is 0 Å². The molecule has 1 amide bonds. The van der Waals surface area contributed by atoms with Gasteiger partial charge in [0.1, 0.15) is 17.2 Å². The van der Waals surface area contributed by atoms with Crippen molar-refractivity contribution < 1.29 is 23.0 Å². The van der Waals surface area contributed by atoms with Crippen LogP contribution in [0, 0.1) is 17.6 Å². The number of nitrogens with zero attached hydrogens (tertiary/aromatic N) is 1. The highest BCUT2D eigenvalue weighted by Crippen LogP contribution is 2.34. The molecule has 2 rings (SSSR count). The molecule has 0 bridgehead atoms. The van der Waals surface area contributed by atoms with Crippen molar-refractivity contribution in [2.45, 2.75) is 45.3 Å². The Morgan fingerprint density at radius 2 is 2.13 bits per heavy atom. The Kier molecular flexibility index (Phi) is 5.46. The van der Waals surface area contributed by atoms with E-state index in [0.717, 1.165) is 24.6 Å². The number of benzene rings is 1. The molecule has 23 heavy (non-hydrogen) atoms. The van der Waals surface area contributed by atoms with Gasteiger partial charge in [0.15, 0.2) is 0 Å². The lowest BCUT2D eigenvalue weighted by molar-refractivity contribution is -0.00734. The quantitative estimate of drug-likeness (QED) is 0.755. The molecular formula is C17H21F2NO3. The molecule has 2 atom stereocenters. The average molecular weight is 325 g/mol. The number of ether oxygens (including phenoxy) is 2. The van der Waals surface area contributed by atoms with Crippen molar-refractivity contribution in [3.05, 3.63) is 35.4 Å². The molecule has 1 unspecified atom stereocenters. The minimum Gasteiger partial charge on any atom is -0.442 e. The van der Waals surface area contributed by atoms with E-state index in [4.69, 9.17) is 9.47 Å². The first-order valence-corrected chi connectivity index (χ1v) is 7.60. The number of amides is 1. The smallest absolute Gasteiger partial charge is 0.433 e. The third-order valence-corrected chi connectivity index (χ3v) is 3.40. The summed E-state index contributed by atoms with van der Waals surface area (Å²) in [5, 5.41) is 0.